The molecule has 5 nitrogen and oxygen atoms in total. The Balaban J connectivity index is 1.32. The number of hydrogen-bond donors (Lipinski definition) is 1. The first-order valence-corrected chi connectivity index (χ1v) is 11.2. The molecule has 0 spiro atoms. The monoisotopic (exact) mass is 452 g/mol. The zero-order valence-corrected chi connectivity index (χ0v) is 18.2. The van der Waals surface area contributed by atoms with Gasteiger partial charge in [-0.2, -0.15) is 5.10 Å². The molecule has 0 amide bonds. The lowest BCUT2D eigenvalue weighted by Gasteiger charge is -2.16. The number of aliphatic carboxylic acids is 1. The Kier molecular flexibility index (Phi) is 4.62. The molecule has 0 bridgehead atoms. The fraction of sp³-hybridized carbons (Fsp3) is 0.143. The number of aromatic nitrogens is 2. The Morgan fingerprint density at radius 1 is 1.00 bits per heavy atom. The minimum Gasteiger partial charge on any atom is -0.481 e. The van der Waals surface area contributed by atoms with Gasteiger partial charge in [-0.15, -0.1) is 0 Å². The first-order chi connectivity index (χ1) is 16.5. The number of benzene rings is 3. The number of furan rings is 1. The lowest BCUT2D eigenvalue weighted by molar-refractivity contribution is -0.136. The number of rotatable bonds is 6. The summed E-state index contributed by atoms with van der Waals surface area (Å²) in [5.74, 6) is -0.931. The molecular formula is C28H21FN2O3. The highest BCUT2D eigenvalue weighted by molar-refractivity contribution is 5.84. The van der Waals surface area contributed by atoms with E-state index in [1.165, 1.54) is 21.9 Å². The van der Waals surface area contributed by atoms with Crippen LogP contribution in [0.5, 0.6) is 0 Å². The quantitative estimate of drug-likeness (QED) is 0.336. The maximum atomic E-state index is 15.1. The second-order valence-electron chi connectivity index (χ2n) is 8.80. The highest BCUT2D eigenvalue weighted by Crippen LogP contribution is 2.54. The Labute approximate surface area is 195 Å². The molecule has 0 unspecified atom stereocenters. The molecule has 0 radical (unpaired) electrons. The number of carboxylic acids is 1. The van der Waals surface area contributed by atoms with Crippen LogP contribution in [0.1, 0.15) is 29.7 Å². The van der Waals surface area contributed by atoms with Gasteiger partial charge in [0.15, 0.2) is 0 Å². The lowest BCUT2D eigenvalue weighted by atomic mass is 9.87. The molecule has 6 heteroatoms. The summed E-state index contributed by atoms with van der Waals surface area (Å²) in [4.78, 5) is 10.9. The van der Waals surface area contributed by atoms with E-state index in [1.54, 1.807) is 24.4 Å². The third kappa shape index (κ3) is 3.48. The average molecular weight is 452 g/mol. The number of nitrogens with zero attached hydrogens (tertiary/aromatic N) is 2. The molecule has 2 aromatic heterocycles. The standard InChI is InChI=1S/C28H21FN2O3/c29-24-17-22(31-13-10-21(30-31)16-27(32)33)7-8-23(24)26-15-18-14-20(6-9-25(18)34-26)28(11-12-28)19-4-2-1-3-5-19/h1-10,13-15,17H,11-12,16H2,(H,32,33). The van der Waals surface area contributed by atoms with Crippen molar-refractivity contribution in [3.63, 3.8) is 0 Å². The minimum atomic E-state index is -0.962. The van der Waals surface area contributed by atoms with Gasteiger partial charge in [0.25, 0.3) is 0 Å². The van der Waals surface area contributed by atoms with Crippen molar-refractivity contribution < 1.29 is 18.7 Å². The Morgan fingerprint density at radius 3 is 2.56 bits per heavy atom. The van der Waals surface area contributed by atoms with Crippen LogP contribution in [0.15, 0.2) is 89.5 Å². The normalized spacial score (nSPS) is 14.4. The van der Waals surface area contributed by atoms with E-state index in [-0.39, 0.29) is 11.8 Å². The van der Waals surface area contributed by atoms with Crippen molar-refractivity contribution in [3.05, 3.63) is 108 Å². The largest absolute Gasteiger partial charge is 0.481 e. The van der Waals surface area contributed by atoms with Crippen molar-refractivity contribution in [3.8, 4) is 17.0 Å². The van der Waals surface area contributed by atoms with Gasteiger partial charge in [-0.3, -0.25) is 4.79 Å². The van der Waals surface area contributed by atoms with Crippen LogP contribution in [-0.2, 0) is 16.6 Å². The predicted octanol–water partition coefficient (Wildman–Crippen LogP) is 6.13. The number of carboxylic acid groups (broad SMARTS) is 1. The first-order valence-electron chi connectivity index (χ1n) is 11.2. The summed E-state index contributed by atoms with van der Waals surface area (Å²) < 4.78 is 22.5. The summed E-state index contributed by atoms with van der Waals surface area (Å²) in [6.07, 6.45) is 3.67. The number of hydrogen-bond acceptors (Lipinski definition) is 3. The van der Waals surface area contributed by atoms with E-state index in [0.717, 1.165) is 23.8 Å². The molecule has 1 aliphatic carbocycles. The molecule has 168 valence electrons. The van der Waals surface area contributed by atoms with Crippen LogP contribution in [0.3, 0.4) is 0 Å². The molecular weight excluding hydrogens is 431 g/mol. The molecule has 3 aromatic carbocycles. The van der Waals surface area contributed by atoms with E-state index in [9.17, 15) is 4.79 Å². The van der Waals surface area contributed by atoms with Gasteiger partial charge in [0.1, 0.15) is 17.2 Å². The third-order valence-electron chi connectivity index (χ3n) is 6.60. The Hall–Kier alpha value is -4.19. The summed E-state index contributed by atoms with van der Waals surface area (Å²) in [6.45, 7) is 0. The lowest BCUT2D eigenvalue weighted by Crippen LogP contribution is -2.07. The highest BCUT2D eigenvalue weighted by Gasteiger charge is 2.45. The van der Waals surface area contributed by atoms with Crippen molar-refractivity contribution in [2.24, 2.45) is 0 Å². The van der Waals surface area contributed by atoms with Gasteiger partial charge in [0.2, 0.25) is 0 Å². The summed E-state index contributed by atoms with van der Waals surface area (Å²) in [7, 11) is 0. The highest BCUT2D eigenvalue weighted by atomic mass is 19.1. The summed E-state index contributed by atoms with van der Waals surface area (Å²) in [6, 6.07) is 25.1. The van der Waals surface area contributed by atoms with Gasteiger partial charge in [-0.1, -0.05) is 36.4 Å². The molecule has 1 aliphatic rings. The smallest absolute Gasteiger partial charge is 0.309 e. The van der Waals surface area contributed by atoms with Crippen LogP contribution in [0.4, 0.5) is 4.39 Å². The van der Waals surface area contributed by atoms with Crippen molar-refractivity contribution in [1.29, 1.82) is 0 Å². The summed E-state index contributed by atoms with van der Waals surface area (Å²) >= 11 is 0. The average Bonchev–Trinajstić information content (AvgIpc) is 3.33. The Morgan fingerprint density at radius 2 is 1.82 bits per heavy atom. The molecule has 2 heterocycles. The predicted molar refractivity (Wildman–Crippen MR) is 127 cm³/mol. The third-order valence-corrected chi connectivity index (χ3v) is 6.60. The summed E-state index contributed by atoms with van der Waals surface area (Å²) in [5, 5.41) is 14.1. The van der Waals surface area contributed by atoms with Gasteiger partial charge in [0, 0.05) is 23.1 Å². The van der Waals surface area contributed by atoms with Crippen LogP contribution in [0.25, 0.3) is 28.0 Å². The van der Waals surface area contributed by atoms with Gasteiger partial charge in [-0.05, 0) is 60.4 Å². The topological polar surface area (TPSA) is 68.3 Å². The van der Waals surface area contributed by atoms with Crippen LogP contribution >= 0.6 is 0 Å². The molecule has 1 fully saturated rings. The van der Waals surface area contributed by atoms with Crippen molar-refractivity contribution in [1.82, 2.24) is 9.78 Å². The van der Waals surface area contributed by atoms with Crippen molar-refractivity contribution in [2.45, 2.75) is 24.7 Å². The van der Waals surface area contributed by atoms with E-state index in [4.69, 9.17) is 9.52 Å². The summed E-state index contributed by atoms with van der Waals surface area (Å²) in [5.41, 5.74) is 4.64. The molecule has 1 N–H and O–H groups in total. The van der Waals surface area contributed by atoms with Crippen LogP contribution in [-0.4, -0.2) is 20.9 Å². The molecule has 0 atom stereocenters. The molecule has 6 rings (SSSR count). The first kappa shape index (κ1) is 20.4. The van der Waals surface area contributed by atoms with Crippen molar-refractivity contribution >= 4 is 16.9 Å². The van der Waals surface area contributed by atoms with Crippen LogP contribution < -0.4 is 0 Å². The second-order valence-corrected chi connectivity index (χ2v) is 8.80. The van der Waals surface area contributed by atoms with E-state index < -0.39 is 11.8 Å². The maximum absolute atomic E-state index is 15.1. The van der Waals surface area contributed by atoms with E-state index in [0.29, 0.717) is 22.7 Å². The van der Waals surface area contributed by atoms with Gasteiger partial charge >= 0.3 is 5.97 Å². The molecule has 0 aliphatic heterocycles. The fourth-order valence-electron chi connectivity index (χ4n) is 4.70. The fourth-order valence-corrected chi connectivity index (χ4v) is 4.70. The zero-order chi connectivity index (χ0) is 23.3. The Bertz CT molecular complexity index is 1530. The second kappa shape index (κ2) is 7.70. The van der Waals surface area contributed by atoms with Crippen LogP contribution in [0.2, 0.25) is 0 Å². The van der Waals surface area contributed by atoms with E-state index in [1.807, 2.05) is 18.2 Å². The van der Waals surface area contributed by atoms with Gasteiger partial charge in [-0.25, -0.2) is 9.07 Å². The minimum absolute atomic E-state index is 0.0586. The number of halogens is 1. The van der Waals surface area contributed by atoms with Crippen LogP contribution in [0, 0.1) is 5.82 Å². The van der Waals surface area contributed by atoms with E-state index >= 15 is 4.39 Å². The van der Waals surface area contributed by atoms with Gasteiger partial charge < -0.3 is 9.52 Å². The van der Waals surface area contributed by atoms with Gasteiger partial charge in [0.05, 0.1) is 23.4 Å². The zero-order valence-electron chi connectivity index (χ0n) is 18.2. The molecule has 34 heavy (non-hydrogen) atoms. The maximum Gasteiger partial charge on any atom is 0.309 e. The molecule has 0 saturated heterocycles. The van der Waals surface area contributed by atoms with Crippen molar-refractivity contribution in [2.75, 3.05) is 0 Å². The SMILES string of the molecule is O=C(O)Cc1ccn(-c2ccc(-c3cc4cc(C5(c6ccccc6)CC5)ccc4o3)c(F)c2)n1. The molecule has 5 aromatic rings. The van der Waals surface area contributed by atoms with E-state index in [2.05, 4.69) is 41.5 Å². The molecule has 1 saturated carbocycles. The number of carbonyl (C=O) groups is 1. The number of fused-ring (bicyclic) bond motifs is 1.